The van der Waals surface area contributed by atoms with E-state index in [0.29, 0.717) is 78.6 Å². The van der Waals surface area contributed by atoms with E-state index in [1.165, 1.54) is 70.0 Å². The van der Waals surface area contributed by atoms with Crippen molar-refractivity contribution in [2.75, 3.05) is 17.2 Å². The highest BCUT2D eigenvalue weighted by Gasteiger charge is 2.30. The summed E-state index contributed by atoms with van der Waals surface area (Å²) in [6.07, 6.45) is 8.22. The fourth-order valence-corrected chi connectivity index (χ4v) is 12.1. The summed E-state index contributed by atoms with van der Waals surface area (Å²) in [6.45, 7) is 14.9. The monoisotopic (exact) mass is 1200 g/mol. The fourth-order valence-electron chi connectivity index (χ4n) is 11.1. The molecule has 0 bridgehead atoms. The number of benzene rings is 6. The molecule has 0 unspecified atom stereocenters. The molecule has 0 spiro atoms. The molecular formula is C64H56Cl4F2N14. The first-order valence-corrected chi connectivity index (χ1v) is 29.0. The van der Waals surface area contributed by atoms with Gasteiger partial charge >= 0.3 is 0 Å². The molecule has 2 atom stereocenters. The number of anilines is 4. The van der Waals surface area contributed by atoms with Gasteiger partial charge in [0.15, 0.2) is 0 Å². The predicted octanol–water partition coefficient (Wildman–Crippen LogP) is 15.6. The highest BCUT2D eigenvalue weighted by atomic mass is 35.5. The van der Waals surface area contributed by atoms with Crippen LogP contribution in [-0.4, -0.2) is 51.4 Å². The lowest BCUT2D eigenvalue weighted by Crippen LogP contribution is -2.15. The van der Waals surface area contributed by atoms with Crippen LogP contribution in [-0.2, 0) is 39.0 Å². The third-order valence-corrected chi connectivity index (χ3v) is 16.7. The van der Waals surface area contributed by atoms with Gasteiger partial charge in [0.2, 0.25) is 0 Å². The van der Waals surface area contributed by atoms with E-state index >= 15 is 0 Å². The van der Waals surface area contributed by atoms with Gasteiger partial charge in [0.05, 0.1) is 65.0 Å². The quantitative estimate of drug-likeness (QED) is 0.0888. The molecule has 84 heavy (non-hydrogen) atoms. The average molecular weight is 1200 g/mol. The van der Waals surface area contributed by atoms with E-state index in [1.807, 2.05) is 46.0 Å². The lowest BCUT2D eigenvalue weighted by atomic mass is 9.85. The van der Waals surface area contributed by atoms with Crippen molar-refractivity contribution in [3.8, 4) is 12.1 Å². The lowest BCUT2D eigenvalue weighted by Gasteiger charge is -2.20. The van der Waals surface area contributed by atoms with E-state index in [-0.39, 0.29) is 34.0 Å². The zero-order valence-electron chi connectivity index (χ0n) is 46.5. The Labute approximate surface area is 505 Å². The van der Waals surface area contributed by atoms with Crippen LogP contribution in [0.4, 0.5) is 31.5 Å². The maximum atomic E-state index is 13.9. The second-order valence-corrected chi connectivity index (χ2v) is 23.2. The van der Waals surface area contributed by atoms with Gasteiger partial charge in [0.25, 0.3) is 0 Å². The van der Waals surface area contributed by atoms with Gasteiger partial charge in [-0.2, -0.15) is 10.5 Å². The Morgan fingerprint density at radius 1 is 0.595 bits per heavy atom. The molecule has 0 fully saturated rings. The highest BCUT2D eigenvalue weighted by molar-refractivity contribution is 6.36. The number of nitriles is 2. The molecule has 3 N–H and O–H groups in total. The normalized spacial score (nSPS) is 13.6. The van der Waals surface area contributed by atoms with E-state index in [0.717, 1.165) is 55.2 Å². The Bertz CT molecular complexity index is 4240. The van der Waals surface area contributed by atoms with Crippen LogP contribution in [0, 0.1) is 34.3 Å². The van der Waals surface area contributed by atoms with Gasteiger partial charge in [-0.1, -0.05) is 100 Å². The van der Waals surface area contributed by atoms with Crippen LogP contribution in [0.5, 0.6) is 0 Å². The maximum absolute atomic E-state index is 13.9. The van der Waals surface area contributed by atoms with Crippen molar-refractivity contribution < 1.29 is 8.78 Å². The van der Waals surface area contributed by atoms with Crippen LogP contribution < -0.4 is 16.0 Å². The van der Waals surface area contributed by atoms with Gasteiger partial charge in [-0.25, -0.2) is 18.1 Å². The maximum Gasteiger partial charge on any atom is 0.141 e. The second-order valence-electron chi connectivity index (χ2n) is 21.6. The van der Waals surface area contributed by atoms with Crippen molar-refractivity contribution in [1.82, 2.24) is 50.2 Å². The summed E-state index contributed by atoms with van der Waals surface area (Å²) in [5, 5.41) is 50.1. The zero-order chi connectivity index (χ0) is 58.9. The number of aromatic nitrogens is 8. The number of fused-ring (bicyclic) bond motifs is 4. The standard InChI is InChI=1S/C33H30Cl2FN7.C31H26Cl2FN7/c1-4-42-16-21-6-5-7-24(27(21)17-42)25(31-18-43(19(2)3)41-40-31)10-20-11-26-32(39-23-8-9-30(36)28(34)13-23)22(14-37)15-38-33(26)29(35)12-20;1-17(2)41-16-29(39-40-41)23(22-5-3-4-19-13-36-15-25(19)22)8-18-9-24-30(38-21-6-7-28(34)26(32)11-21)20(12-35)14-37-31(24)27(33)10-18/h5-9,11-13,15,18-19,25H,4,10,16-17H2,1-3H3,(H,38,39);3-7,9-11,14,16-17,23,36H,8,13,15H2,1-2H3,(H,37,38)/t25-;23-/m00/s1. The van der Waals surface area contributed by atoms with E-state index in [9.17, 15) is 19.3 Å². The van der Waals surface area contributed by atoms with Crippen molar-refractivity contribution in [1.29, 1.82) is 10.5 Å². The van der Waals surface area contributed by atoms with Gasteiger partial charge in [0, 0.05) is 97.0 Å². The van der Waals surface area contributed by atoms with E-state index in [1.54, 1.807) is 12.1 Å². The molecule has 20 heteroatoms. The highest BCUT2D eigenvalue weighted by Crippen LogP contribution is 2.41. The van der Waals surface area contributed by atoms with Crippen LogP contribution >= 0.6 is 46.4 Å². The molecule has 2 aliphatic heterocycles. The van der Waals surface area contributed by atoms with Crippen LogP contribution in [0.3, 0.4) is 0 Å². The third-order valence-electron chi connectivity index (χ3n) is 15.5. The Hall–Kier alpha value is -8.06. The number of halogens is 6. The Morgan fingerprint density at radius 3 is 1.54 bits per heavy atom. The molecule has 14 nitrogen and oxygen atoms in total. The van der Waals surface area contributed by atoms with Crippen molar-refractivity contribution in [2.24, 2.45) is 0 Å². The summed E-state index contributed by atoms with van der Waals surface area (Å²) in [5.74, 6) is -1.20. The second kappa shape index (κ2) is 24.6. The van der Waals surface area contributed by atoms with E-state index in [2.05, 4.69) is 135 Å². The molecule has 0 saturated carbocycles. The first-order valence-electron chi connectivity index (χ1n) is 27.5. The first kappa shape index (κ1) is 57.7. The number of hydrogen-bond donors (Lipinski definition) is 3. The lowest BCUT2D eigenvalue weighted by molar-refractivity contribution is 0.300. The molecule has 2 aliphatic rings. The Kier molecular flexibility index (Phi) is 16.9. The molecular weight excluding hydrogens is 1140 g/mol. The van der Waals surface area contributed by atoms with Gasteiger partial charge < -0.3 is 16.0 Å². The minimum atomic E-state index is -0.523. The number of rotatable bonds is 15. The topological polar surface area (TPSA) is 174 Å². The van der Waals surface area contributed by atoms with Crippen molar-refractivity contribution >= 4 is 91.0 Å². The van der Waals surface area contributed by atoms with Gasteiger partial charge in [-0.15, -0.1) is 10.2 Å². The molecule has 6 aromatic carbocycles. The number of nitrogens with zero attached hydrogens (tertiary/aromatic N) is 11. The summed E-state index contributed by atoms with van der Waals surface area (Å²) in [6, 6.07) is 34.3. The van der Waals surface area contributed by atoms with Crippen LogP contribution in [0.15, 0.2) is 122 Å². The summed E-state index contributed by atoms with van der Waals surface area (Å²) in [5.41, 5.74) is 15.2. The predicted molar refractivity (Wildman–Crippen MR) is 327 cm³/mol. The molecule has 0 radical (unpaired) electrons. The first-order chi connectivity index (χ1) is 40.6. The minimum Gasteiger partial charge on any atom is -0.354 e. The molecule has 6 heterocycles. The van der Waals surface area contributed by atoms with Gasteiger partial charge in [0.1, 0.15) is 23.8 Å². The van der Waals surface area contributed by atoms with E-state index in [4.69, 9.17) is 46.4 Å². The SMILES string of the molecule is CC(C)n1cc([C@@H](Cc2cc(Cl)c3ncc(C#N)c(Nc4ccc(F)c(Cl)c4)c3c2)c2cccc3c2CNC3)nn1.CCN1Cc2cccc([C@H](Cc3cc(Cl)c4ncc(C#N)c(Nc5ccc(F)c(Cl)c5)c4c3)c3cn(C(C)C)nn3)c2C1. The average Bonchev–Trinajstić information content (AvgIpc) is 3.75. The Morgan fingerprint density at radius 2 is 1.08 bits per heavy atom. The summed E-state index contributed by atoms with van der Waals surface area (Å²) < 4.78 is 31.4. The van der Waals surface area contributed by atoms with E-state index < -0.39 is 11.6 Å². The van der Waals surface area contributed by atoms with Gasteiger partial charge in [-0.3, -0.25) is 14.9 Å². The Balaban J connectivity index is 0.000000176. The number of nitrogens with one attached hydrogen (secondary N) is 3. The summed E-state index contributed by atoms with van der Waals surface area (Å²) in [4.78, 5) is 11.4. The largest absolute Gasteiger partial charge is 0.354 e. The molecule has 0 aliphatic carbocycles. The van der Waals surface area contributed by atoms with Gasteiger partial charge in [-0.05, 0) is 152 Å². The fraction of sp³-hybridized carbons (Fsp3) is 0.250. The zero-order valence-corrected chi connectivity index (χ0v) is 49.5. The van der Waals surface area contributed by atoms with Crippen LogP contribution in [0.1, 0.15) is 126 Å². The minimum absolute atomic E-state index is 0.0186. The van der Waals surface area contributed by atoms with Crippen molar-refractivity contribution in [3.63, 3.8) is 0 Å². The molecule has 12 rings (SSSR count). The third kappa shape index (κ3) is 11.9. The molecule has 4 aromatic heterocycles. The number of hydrogen-bond acceptors (Lipinski definition) is 12. The number of pyridine rings is 2. The van der Waals surface area contributed by atoms with Crippen LogP contribution in [0.25, 0.3) is 21.8 Å². The molecule has 10 aromatic rings. The smallest absolute Gasteiger partial charge is 0.141 e. The molecule has 0 amide bonds. The molecule has 0 saturated heterocycles. The van der Waals surface area contributed by atoms with Crippen molar-refractivity contribution in [2.45, 2.75) is 97.6 Å². The summed E-state index contributed by atoms with van der Waals surface area (Å²) in [7, 11) is 0. The van der Waals surface area contributed by atoms with Crippen molar-refractivity contribution in [3.05, 3.63) is 221 Å². The van der Waals surface area contributed by atoms with Crippen LogP contribution in [0.2, 0.25) is 20.1 Å². The molecule has 424 valence electrons. The summed E-state index contributed by atoms with van der Waals surface area (Å²) >= 11 is 25.7.